The first-order valence-corrected chi connectivity index (χ1v) is 3.76. The summed E-state index contributed by atoms with van der Waals surface area (Å²) in [5.41, 5.74) is 4.80. The maximum Gasteiger partial charge on any atom is 0.293 e. The fourth-order valence-electron chi connectivity index (χ4n) is 1.10. The molecule has 1 rings (SSSR count). The van der Waals surface area contributed by atoms with Crippen molar-refractivity contribution < 1.29 is 9.59 Å². The number of carbonyl (C=O) groups excluding carboxylic acids is 2. The zero-order chi connectivity index (χ0) is 8.97. The van der Waals surface area contributed by atoms with Crippen molar-refractivity contribution in [2.45, 2.75) is 12.8 Å². The summed E-state index contributed by atoms with van der Waals surface area (Å²) in [6.07, 6.45) is 1.22. The number of hydrogen-bond acceptors (Lipinski definition) is 2. The Hall–Kier alpha value is -1.50. The largest absolute Gasteiger partial charge is 0.359 e. The third-order valence-corrected chi connectivity index (χ3v) is 1.72. The van der Waals surface area contributed by atoms with Gasteiger partial charge in [-0.2, -0.15) is 0 Å². The Bertz CT molecular complexity index is 262. The van der Waals surface area contributed by atoms with Gasteiger partial charge in [-0.15, -0.1) is 0 Å². The van der Waals surface area contributed by atoms with Crippen LogP contribution >= 0.6 is 0 Å². The molecule has 12 heavy (non-hydrogen) atoms. The predicted octanol–water partition coefficient (Wildman–Crippen LogP) is -0.999. The lowest BCUT2D eigenvalue weighted by molar-refractivity contribution is -0.122. The number of nitrogens with two attached hydrogens (primary N) is 1. The number of hydrogen-bond donors (Lipinski definition) is 2. The number of rotatable bonds is 1. The van der Waals surface area contributed by atoms with Crippen LogP contribution in [0.3, 0.4) is 0 Å². The molecule has 1 fully saturated rings. The summed E-state index contributed by atoms with van der Waals surface area (Å²) >= 11 is 0. The van der Waals surface area contributed by atoms with Gasteiger partial charge in [-0.25, -0.2) is 0 Å². The fraction of sp³-hybridized carbons (Fsp3) is 0.500. The topological polar surface area (TPSA) is 72.2 Å². The third-order valence-electron chi connectivity index (χ3n) is 1.72. The van der Waals surface area contributed by atoms with Crippen LogP contribution in [-0.4, -0.2) is 18.4 Å². The van der Waals surface area contributed by atoms with Gasteiger partial charge in [0, 0.05) is 13.0 Å². The number of nitrogens with one attached hydrogen (secondary N) is 1. The molecule has 4 nitrogen and oxygen atoms in total. The van der Waals surface area contributed by atoms with E-state index in [1.165, 1.54) is 0 Å². The predicted molar refractivity (Wildman–Crippen MR) is 42.7 cm³/mol. The van der Waals surface area contributed by atoms with Crippen molar-refractivity contribution in [3.63, 3.8) is 0 Å². The minimum absolute atomic E-state index is 0.0220. The summed E-state index contributed by atoms with van der Waals surface area (Å²) in [6, 6.07) is 0. The lowest BCUT2D eigenvalue weighted by Crippen LogP contribution is -2.18. The molecule has 0 aliphatic carbocycles. The Morgan fingerprint density at radius 1 is 1.75 bits per heavy atom. The summed E-state index contributed by atoms with van der Waals surface area (Å²) < 4.78 is 0. The smallest absolute Gasteiger partial charge is 0.293 e. The molecule has 1 aliphatic rings. The van der Waals surface area contributed by atoms with E-state index in [9.17, 15) is 9.59 Å². The van der Waals surface area contributed by atoms with E-state index in [0.717, 1.165) is 6.42 Å². The summed E-state index contributed by atoms with van der Waals surface area (Å²) in [7, 11) is 0. The second-order valence-corrected chi connectivity index (χ2v) is 2.65. The SMILES string of the molecule is NC(=O)C#CC[C@H]1CCNC1=O. The molecule has 1 atom stereocenters. The van der Waals surface area contributed by atoms with Crippen LogP contribution in [0.25, 0.3) is 0 Å². The van der Waals surface area contributed by atoms with Gasteiger partial charge in [0.05, 0.1) is 5.92 Å². The van der Waals surface area contributed by atoms with Gasteiger partial charge in [-0.1, -0.05) is 5.92 Å². The fourth-order valence-corrected chi connectivity index (χ4v) is 1.10. The normalized spacial score (nSPS) is 21.0. The molecule has 4 heteroatoms. The van der Waals surface area contributed by atoms with Crippen molar-refractivity contribution >= 4 is 11.8 Å². The maximum absolute atomic E-state index is 11.0. The van der Waals surface area contributed by atoms with Crippen molar-refractivity contribution in [2.24, 2.45) is 11.7 Å². The van der Waals surface area contributed by atoms with Crippen LogP contribution in [0.5, 0.6) is 0 Å². The molecular weight excluding hydrogens is 156 g/mol. The maximum atomic E-state index is 11.0. The first kappa shape index (κ1) is 8.60. The van der Waals surface area contributed by atoms with Crippen LogP contribution in [0.2, 0.25) is 0 Å². The van der Waals surface area contributed by atoms with Gasteiger partial charge in [-0.05, 0) is 12.3 Å². The van der Waals surface area contributed by atoms with E-state index in [1.54, 1.807) is 0 Å². The highest BCUT2D eigenvalue weighted by molar-refractivity contribution is 5.92. The molecule has 2 amide bonds. The van der Waals surface area contributed by atoms with E-state index in [2.05, 4.69) is 17.2 Å². The van der Waals surface area contributed by atoms with E-state index >= 15 is 0 Å². The molecule has 0 saturated carbocycles. The molecule has 0 aromatic rings. The van der Waals surface area contributed by atoms with Crippen LogP contribution in [0.15, 0.2) is 0 Å². The summed E-state index contributed by atoms with van der Waals surface area (Å²) in [4.78, 5) is 21.2. The Balaban J connectivity index is 2.38. The molecule has 3 N–H and O–H groups in total. The highest BCUT2D eigenvalue weighted by atomic mass is 16.2. The van der Waals surface area contributed by atoms with Crippen molar-refractivity contribution in [2.75, 3.05) is 6.54 Å². The van der Waals surface area contributed by atoms with Crippen LogP contribution in [0.1, 0.15) is 12.8 Å². The molecule has 0 radical (unpaired) electrons. The van der Waals surface area contributed by atoms with E-state index in [1.807, 2.05) is 0 Å². The van der Waals surface area contributed by atoms with Crippen LogP contribution < -0.4 is 11.1 Å². The van der Waals surface area contributed by atoms with Crippen molar-refractivity contribution in [3.8, 4) is 11.8 Å². The monoisotopic (exact) mass is 166 g/mol. The molecule has 1 saturated heterocycles. The van der Waals surface area contributed by atoms with Crippen molar-refractivity contribution in [1.82, 2.24) is 5.32 Å². The summed E-state index contributed by atoms with van der Waals surface area (Å²) in [6.45, 7) is 0.710. The Kier molecular flexibility index (Phi) is 2.70. The lowest BCUT2D eigenvalue weighted by Gasteiger charge is -1.97. The Labute approximate surface area is 70.5 Å². The zero-order valence-corrected chi connectivity index (χ0v) is 6.59. The molecule has 64 valence electrons. The van der Waals surface area contributed by atoms with Gasteiger partial charge in [0.1, 0.15) is 0 Å². The van der Waals surface area contributed by atoms with E-state index in [-0.39, 0.29) is 11.8 Å². The quantitative estimate of drug-likeness (QED) is 0.490. The standard InChI is InChI=1S/C8H10N2O2/c9-7(11)3-1-2-6-4-5-10-8(6)12/h6H,2,4-5H2,(H2,9,11)(H,10,12)/t6-/m0/s1. The van der Waals surface area contributed by atoms with Gasteiger partial charge in [0.25, 0.3) is 5.91 Å². The van der Waals surface area contributed by atoms with Gasteiger partial charge in [0.15, 0.2) is 0 Å². The van der Waals surface area contributed by atoms with Crippen LogP contribution in [-0.2, 0) is 9.59 Å². The van der Waals surface area contributed by atoms with Crippen LogP contribution in [0, 0.1) is 17.8 Å². The first-order chi connectivity index (χ1) is 5.70. The highest BCUT2D eigenvalue weighted by Gasteiger charge is 2.22. The first-order valence-electron chi connectivity index (χ1n) is 3.76. The lowest BCUT2D eigenvalue weighted by atomic mass is 10.1. The van der Waals surface area contributed by atoms with E-state index in [0.29, 0.717) is 13.0 Å². The minimum Gasteiger partial charge on any atom is -0.359 e. The van der Waals surface area contributed by atoms with E-state index in [4.69, 9.17) is 5.73 Å². The number of carbonyl (C=O) groups is 2. The molecule has 0 spiro atoms. The Morgan fingerprint density at radius 3 is 3.00 bits per heavy atom. The average Bonchev–Trinajstić information content (AvgIpc) is 2.36. The molecular formula is C8H10N2O2. The molecule has 1 aliphatic heterocycles. The Morgan fingerprint density at radius 2 is 2.50 bits per heavy atom. The highest BCUT2D eigenvalue weighted by Crippen LogP contribution is 2.12. The van der Waals surface area contributed by atoms with Crippen molar-refractivity contribution in [1.29, 1.82) is 0 Å². The number of primary amides is 1. The number of amides is 2. The second-order valence-electron chi connectivity index (χ2n) is 2.65. The van der Waals surface area contributed by atoms with Crippen LogP contribution in [0.4, 0.5) is 0 Å². The second kappa shape index (κ2) is 3.77. The third kappa shape index (κ3) is 2.27. The summed E-state index contributed by atoms with van der Waals surface area (Å²) in [5, 5.41) is 2.68. The minimum atomic E-state index is -0.645. The van der Waals surface area contributed by atoms with Gasteiger partial charge >= 0.3 is 0 Å². The average molecular weight is 166 g/mol. The van der Waals surface area contributed by atoms with Gasteiger partial charge < -0.3 is 11.1 Å². The van der Waals surface area contributed by atoms with Gasteiger partial charge in [0.2, 0.25) is 5.91 Å². The van der Waals surface area contributed by atoms with E-state index < -0.39 is 5.91 Å². The molecule has 0 aromatic heterocycles. The van der Waals surface area contributed by atoms with Gasteiger partial charge in [-0.3, -0.25) is 9.59 Å². The molecule has 1 heterocycles. The van der Waals surface area contributed by atoms with Crippen molar-refractivity contribution in [3.05, 3.63) is 0 Å². The molecule has 0 bridgehead atoms. The summed E-state index contributed by atoms with van der Waals surface area (Å²) in [5.74, 6) is 4.09. The molecule has 0 unspecified atom stereocenters. The zero-order valence-electron chi connectivity index (χ0n) is 6.59. The molecule has 0 aromatic carbocycles.